The lowest BCUT2D eigenvalue weighted by Gasteiger charge is -2.23. The van der Waals surface area contributed by atoms with Crippen molar-refractivity contribution in [3.63, 3.8) is 0 Å². The second kappa shape index (κ2) is 11.2. The molecule has 0 heteroatoms. The fraction of sp³-hybridized carbons (Fsp3) is 0.0566. The molecule has 10 aromatic carbocycles. The van der Waals surface area contributed by atoms with Gasteiger partial charge >= 0.3 is 0 Å². The van der Waals surface area contributed by atoms with Gasteiger partial charge in [0.25, 0.3) is 0 Å². The van der Waals surface area contributed by atoms with Gasteiger partial charge in [0, 0.05) is 5.41 Å². The van der Waals surface area contributed by atoms with Crippen molar-refractivity contribution in [2.75, 3.05) is 0 Å². The summed E-state index contributed by atoms with van der Waals surface area (Å²) in [5.74, 6) is 0. The van der Waals surface area contributed by atoms with Crippen LogP contribution in [0.1, 0.15) is 25.0 Å². The molecule has 0 spiro atoms. The standard InChI is InChI=1S/C53H36/c1-53(2)49-31-28-37(32-48(49)47-30-27-35-13-4-6-15-39(35)52(47)53)33-22-24-36(25-23-33)50-43-16-7-9-18-45(43)51(46-19-10-8-17-44(46)50)42-21-11-20-40-38-14-5-3-12-34(38)26-29-41(40)42/h3-32H,1-2H3. The molecular weight excluding hydrogens is 637 g/mol. The first-order chi connectivity index (χ1) is 26.1. The molecule has 0 nitrogen and oxygen atoms in total. The number of hydrogen-bond donors (Lipinski definition) is 0. The highest BCUT2D eigenvalue weighted by Gasteiger charge is 2.37. The molecule has 1 aliphatic rings. The van der Waals surface area contributed by atoms with Crippen LogP contribution in [0.15, 0.2) is 182 Å². The number of hydrogen-bond acceptors (Lipinski definition) is 0. The molecule has 53 heavy (non-hydrogen) atoms. The summed E-state index contributed by atoms with van der Waals surface area (Å²) in [6.45, 7) is 4.75. The largest absolute Gasteiger partial charge is 0.0616 e. The molecule has 248 valence electrons. The maximum Gasteiger partial charge on any atom is 0.0165 e. The average Bonchev–Trinajstić information content (AvgIpc) is 3.45. The molecule has 0 saturated heterocycles. The summed E-state index contributed by atoms with van der Waals surface area (Å²) in [6.07, 6.45) is 0. The van der Waals surface area contributed by atoms with Gasteiger partial charge in [-0.25, -0.2) is 0 Å². The van der Waals surface area contributed by atoms with Gasteiger partial charge in [-0.15, -0.1) is 0 Å². The number of benzene rings is 10. The molecule has 0 saturated carbocycles. The SMILES string of the molecule is CC1(C)c2ccc(-c3ccc(-c4c5ccccc5c(-c5cccc6c5ccc5ccccc56)c5ccccc45)cc3)cc2-c2ccc3ccccc3c21. The average molecular weight is 673 g/mol. The maximum atomic E-state index is 2.42. The van der Waals surface area contributed by atoms with Crippen LogP contribution in [-0.2, 0) is 5.41 Å². The van der Waals surface area contributed by atoms with E-state index in [1.807, 2.05) is 0 Å². The molecule has 0 aliphatic heterocycles. The van der Waals surface area contributed by atoms with Crippen molar-refractivity contribution in [1.29, 1.82) is 0 Å². The molecule has 0 atom stereocenters. The minimum absolute atomic E-state index is 0.0536. The van der Waals surface area contributed by atoms with Crippen LogP contribution in [0.3, 0.4) is 0 Å². The van der Waals surface area contributed by atoms with E-state index in [0.29, 0.717) is 0 Å². The zero-order valence-electron chi connectivity index (χ0n) is 29.8. The van der Waals surface area contributed by atoms with Gasteiger partial charge in [0.05, 0.1) is 0 Å². The van der Waals surface area contributed by atoms with E-state index in [1.54, 1.807) is 0 Å². The van der Waals surface area contributed by atoms with Gasteiger partial charge < -0.3 is 0 Å². The smallest absolute Gasteiger partial charge is 0.0165 e. The molecule has 0 bridgehead atoms. The van der Waals surface area contributed by atoms with Crippen LogP contribution in [-0.4, -0.2) is 0 Å². The van der Waals surface area contributed by atoms with Crippen LogP contribution in [0.4, 0.5) is 0 Å². The fourth-order valence-corrected chi connectivity index (χ4v) is 9.61. The molecule has 10 aromatic rings. The van der Waals surface area contributed by atoms with E-state index in [2.05, 4.69) is 196 Å². The Morgan fingerprint density at radius 3 is 1.53 bits per heavy atom. The minimum Gasteiger partial charge on any atom is -0.0616 e. The van der Waals surface area contributed by atoms with Gasteiger partial charge in [0.2, 0.25) is 0 Å². The highest BCUT2D eigenvalue weighted by Crippen LogP contribution is 2.52. The van der Waals surface area contributed by atoms with Crippen LogP contribution >= 0.6 is 0 Å². The third-order valence-electron chi connectivity index (χ3n) is 12.0. The van der Waals surface area contributed by atoms with Gasteiger partial charge in [-0.05, 0) is 116 Å². The zero-order chi connectivity index (χ0) is 35.3. The molecule has 11 rings (SSSR count). The second-order valence-electron chi connectivity index (χ2n) is 15.2. The normalized spacial score (nSPS) is 13.2. The molecule has 0 aromatic heterocycles. The van der Waals surface area contributed by atoms with E-state index < -0.39 is 0 Å². The highest BCUT2D eigenvalue weighted by molar-refractivity contribution is 6.24. The fourth-order valence-electron chi connectivity index (χ4n) is 9.61. The van der Waals surface area contributed by atoms with Gasteiger partial charge in [-0.1, -0.05) is 190 Å². The predicted octanol–water partition coefficient (Wildman–Crippen LogP) is 14.8. The monoisotopic (exact) mass is 672 g/mol. The van der Waals surface area contributed by atoms with Crippen LogP contribution < -0.4 is 0 Å². The van der Waals surface area contributed by atoms with Crippen molar-refractivity contribution in [2.24, 2.45) is 0 Å². The molecule has 0 heterocycles. The molecule has 0 N–H and O–H groups in total. The Morgan fingerprint density at radius 1 is 0.302 bits per heavy atom. The first-order valence-electron chi connectivity index (χ1n) is 18.7. The van der Waals surface area contributed by atoms with E-state index >= 15 is 0 Å². The molecule has 0 fully saturated rings. The third-order valence-corrected chi connectivity index (χ3v) is 12.0. The number of rotatable bonds is 3. The molecule has 0 radical (unpaired) electrons. The van der Waals surface area contributed by atoms with Gasteiger partial charge in [0.1, 0.15) is 0 Å². The molecule has 0 unspecified atom stereocenters. The van der Waals surface area contributed by atoms with Crippen molar-refractivity contribution in [3.05, 3.63) is 193 Å². The summed E-state index contributed by atoms with van der Waals surface area (Å²) in [6, 6.07) is 67.8. The van der Waals surface area contributed by atoms with E-state index in [-0.39, 0.29) is 5.41 Å². The highest BCUT2D eigenvalue weighted by atomic mass is 14.4. The van der Waals surface area contributed by atoms with E-state index in [9.17, 15) is 0 Å². The lowest BCUT2D eigenvalue weighted by Crippen LogP contribution is -2.15. The molecule has 1 aliphatic carbocycles. The Kier molecular flexibility index (Phi) is 6.40. The van der Waals surface area contributed by atoms with Crippen molar-refractivity contribution in [3.8, 4) is 44.5 Å². The summed E-state index contributed by atoms with van der Waals surface area (Å²) in [7, 11) is 0. The van der Waals surface area contributed by atoms with Crippen molar-refractivity contribution < 1.29 is 0 Å². The van der Waals surface area contributed by atoms with Crippen LogP contribution in [0, 0.1) is 0 Å². The summed E-state index contributed by atoms with van der Waals surface area (Å²) >= 11 is 0. The maximum absolute atomic E-state index is 2.42. The topological polar surface area (TPSA) is 0 Å². The third kappa shape index (κ3) is 4.36. The minimum atomic E-state index is -0.0536. The van der Waals surface area contributed by atoms with Crippen LogP contribution in [0.2, 0.25) is 0 Å². The van der Waals surface area contributed by atoms with E-state index in [4.69, 9.17) is 0 Å². The number of fused-ring (bicyclic) bond motifs is 10. The summed E-state index contributed by atoms with van der Waals surface area (Å²) in [5.41, 5.74) is 13.1. The van der Waals surface area contributed by atoms with Crippen LogP contribution in [0.25, 0.3) is 98.4 Å². The van der Waals surface area contributed by atoms with Crippen molar-refractivity contribution in [2.45, 2.75) is 19.3 Å². The van der Waals surface area contributed by atoms with E-state index in [0.717, 1.165) is 0 Å². The molecule has 0 amide bonds. The summed E-state index contributed by atoms with van der Waals surface area (Å²) in [5, 5.41) is 12.9. The Bertz CT molecular complexity index is 3060. The van der Waals surface area contributed by atoms with Gasteiger partial charge in [-0.3, -0.25) is 0 Å². The summed E-state index contributed by atoms with van der Waals surface area (Å²) < 4.78 is 0. The Morgan fingerprint density at radius 2 is 0.830 bits per heavy atom. The van der Waals surface area contributed by atoms with Gasteiger partial charge in [0.15, 0.2) is 0 Å². The van der Waals surface area contributed by atoms with E-state index in [1.165, 1.54) is 109 Å². The Labute approximate surface area is 309 Å². The van der Waals surface area contributed by atoms with Gasteiger partial charge in [-0.2, -0.15) is 0 Å². The van der Waals surface area contributed by atoms with Crippen molar-refractivity contribution >= 4 is 53.9 Å². The Balaban J connectivity index is 1.07. The first-order valence-corrected chi connectivity index (χ1v) is 18.7. The zero-order valence-corrected chi connectivity index (χ0v) is 29.8. The Hall–Kier alpha value is -6.50. The second-order valence-corrected chi connectivity index (χ2v) is 15.2. The quantitative estimate of drug-likeness (QED) is 0.129. The predicted molar refractivity (Wildman–Crippen MR) is 228 cm³/mol. The lowest BCUT2D eigenvalue weighted by atomic mass is 9.80. The lowest BCUT2D eigenvalue weighted by molar-refractivity contribution is 0.666. The van der Waals surface area contributed by atoms with Crippen LogP contribution in [0.5, 0.6) is 0 Å². The summed E-state index contributed by atoms with van der Waals surface area (Å²) in [4.78, 5) is 0. The van der Waals surface area contributed by atoms with Crippen molar-refractivity contribution in [1.82, 2.24) is 0 Å². The first kappa shape index (κ1) is 30.2. The molecular formula is C53H36.